The Bertz CT molecular complexity index is 829. The van der Waals surface area contributed by atoms with E-state index in [-0.39, 0.29) is 18.5 Å². The molecule has 1 saturated heterocycles. The molecular weight excluding hydrogens is 350 g/mol. The first-order valence-corrected chi connectivity index (χ1v) is 9.86. The molecule has 0 saturated carbocycles. The highest BCUT2D eigenvalue weighted by molar-refractivity contribution is 5.94. The maximum Gasteiger partial charge on any atom is 0.331 e. The normalized spacial score (nSPS) is 14.0. The zero-order valence-corrected chi connectivity index (χ0v) is 16.6. The first-order chi connectivity index (χ1) is 13.5. The fraction of sp³-hybridized carbons (Fsp3) is 0.333. The number of rotatable bonds is 6. The van der Waals surface area contributed by atoms with Gasteiger partial charge >= 0.3 is 5.97 Å². The third-order valence-electron chi connectivity index (χ3n) is 4.99. The molecule has 0 aliphatic carbocycles. The van der Waals surface area contributed by atoms with Crippen molar-refractivity contribution in [3.63, 3.8) is 0 Å². The van der Waals surface area contributed by atoms with E-state index in [0.717, 1.165) is 37.1 Å². The predicted octanol–water partition coefficient (Wildman–Crippen LogP) is 4.80. The second kappa shape index (κ2) is 9.36. The van der Waals surface area contributed by atoms with Crippen LogP contribution in [0.1, 0.15) is 59.7 Å². The van der Waals surface area contributed by atoms with E-state index in [2.05, 4.69) is 26.0 Å². The molecule has 0 aromatic heterocycles. The number of nitrogens with zero attached hydrogens (tertiary/aromatic N) is 1. The SMILES string of the molecule is CC(C)c1ccc(/C=C/C(=O)OCc2ccc(C(=O)N3CCCC3)cc2)cc1. The zero-order valence-electron chi connectivity index (χ0n) is 16.6. The lowest BCUT2D eigenvalue weighted by atomic mass is 10.0. The molecule has 1 fully saturated rings. The predicted molar refractivity (Wildman–Crippen MR) is 111 cm³/mol. The molecule has 146 valence electrons. The molecule has 1 amide bonds. The third kappa shape index (κ3) is 5.32. The van der Waals surface area contributed by atoms with Crippen LogP contribution in [-0.4, -0.2) is 29.9 Å². The monoisotopic (exact) mass is 377 g/mol. The quantitative estimate of drug-likeness (QED) is 0.536. The van der Waals surface area contributed by atoms with Gasteiger partial charge in [-0.2, -0.15) is 0 Å². The van der Waals surface area contributed by atoms with Crippen LogP contribution in [0.3, 0.4) is 0 Å². The third-order valence-corrected chi connectivity index (χ3v) is 4.99. The Labute approximate surface area is 166 Å². The number of ether oxygens (including phenoxy) is 1. The number of carbonyl (C=O) groups excluding carboxylic acids is 2. The average molecular weight is 377 g/mol. The summed E-state index contributed by atoms with van der Waals surface area (Å²) >= 11 is 0. The zero-order chi connectivity index (χ0) is 19.9. The van der Waals surface area contributed by atoms with Gasteiger partial charge in [0.2, 0.25) is 0 Å². The van der Waals surface area contributed by atoms with Crippen molar-refractivity contribution in [1.82, 2.24) is 4.90 Å². The summed E-state index contributed by atoms with van der Waals surface area (Å²) in [5.74, 6) is 0.178. The minimum absolute atomic E-state index is 0.0764. The molecule has 2 aromatic rings. The van der Waals surface area contributed by atoms with Crippen LogP contribution in [0, 0.1) is 0 Å². The number of esters is 1. The van der Waals surface area contributed by atoms with Crippen molar-refractivity contribution in [2.75, 3.05) is 13.1 Å². The van der Waals surface area contributed by atoms with Crippen LogP contribution in [0.2, 0.25) is 0 Å². The van der Waals surface area contributed by atoms with Crippen LogP contribution in [0.15, 0.2) is 54.6 Å². The van der Waals surface area contributed by atoms with Crippen LogP contribution >= 0.6 is 0 Å². The largest absolute Gasteiger partial charge is 0.458 e. The van der Waals surface area contributed by atoms with Gasteiger partial charge in [0.1, 0.15) is 6.61 Å². The van der Waals surface area contributed by atoms with E-state index < -0.39 is 0 Å². The van der Waals surface area contributed by atoms with E-state index in [1.165, 1.54) is 11.6 Å². The van der Waals surface area contributed by atoms with E-state index >= 15 is 0 Å². The summed E-state index contributed by atoms with van der Waals surface area (Å²) in [4.78, 5) is 26.2. The van der Waals surface area contributed by atoms with Gasteiger partial charge in [-0.25, -0.2) is 4.79 Å². The molecule has 0 unspecified atom stereocenters. The van der Waals surface area contributed by atoms with Crippen LogP contribution in [0.4, 0.5) is 0 Å². The van der Waals surface area contributed by atoms with Gasteiger partial charge in [-0.05, 0) is 53.7 Å². The van der Waals surface area contributed by atoms with Crippen LogP contribution < -0.4 is 0 Å². The van der Waals surface area contributed by atoms with Gasteiger partial charge in [0.15, 0.2) is 0 Å². The molecule has 3 rings (SSSR count). The lowest BCUT2D eigenvalue weighted by Crippen LogP contribution is -2.27. The Morgan fingerprint density at radius 3 is 2.25 bits per heavy atom. The van der Waals surface area contributed by atoms with Gasteiger partial charge in [0.05, 0.1) is 0 Å². The number of carbonyl (C=O) groups is 2. The van der Waals surface area contributed by atoms with E-state index in [9.17, 15) is 9.59 Å². The summed E-state index contributed by atoms with van der Waals surface area (Å²) in [6, 6.07) is 15.4. The van der Waals surface area contributed by atoms with Gasteiger partial charge < -0.3 is 9.64 Å². The Morgan fingerprint density at radius 2 is 1.64 bits per heavy atom. The maximum absolute atomic E-state index is 12.3. The van der Waals surface area contributed by atoms with Crippen molar-refractivity contribution in [2.24, 2.45) is 0 Å². The van der Waals surface area contributed by atoms with Crippen molar-refractivity contribution in [3.8, 4) is 0 Å². The minimum Gasteiger partial charge on any atom is -0.458 e. The fourth-order valence-electron chi connectivity index (χ4n) is 3.21. The standard InChI is InChI=1S/C24H27NO3/c1-18(2)21-10-5-19(6-11-21)9-14-23(26)28-17-20-7-12-22(13-8-20)24(27)25-15-3-4-16-25/h5-14,18H,3-4,15-17H2,1-2H3/b14-9+. The maximum atomic E-state index is 12.3. The van der Waals surface area contributed by atoms with Crippen molar-refractivity contribution in [2.45, 2.75) is 39.2 Å². The number of likely N-dealkylation sites (tertiary alicyclic amines) is 1. The van der Waals surface area contributed by atoms with Crippen LogP contribution in [-0.2, 0) is 16.1 Å². The molecule has 0 bridgehead atoms. The van der Waals surface area contributed by atoms with Gasteiger partial charge in [0, 0.05) is 24.7 Å². The number of hydrogen-bond acceptors (Lipinski definition) is 3. The van der Waals surface area contributed by atoms with Gasteiger partial charge in [0.25, 0.3) is 5.91 Å². The molecule has 1 aliphatic heterocycles. The van der Waals surface area contributed by atoms with Crippen molar-refractivity contribution in [1.29, 1.82) is 0 Å². The summed E-state index contributed by atoms with van der Waals surface area (Å²) in [7, 11) is 0. The lowest BCUT2D eigenvalue weighted by Gasteiger charge is -2.15. The lowest BCUT2D eigenvalue weighted by molar-refractivity contribution is -0.138. The Balaban J connectivity index is 1.49. The molecule has 2 aromatic carbocycles. The Morgan fingerprint density at radius 1 is 1.00 bits per heavy atom. The van der Waals surface area contributed by atoms with Crippen LogP contribution in [0.25, 0.3) is 6.08 Å². The molecular formula is C24H27NO3. The first kappa shape index (κ1) is 19.9. The summed E-state index contributed by atoms with van der Waals surface area (Å²) < 4.78 is 5.29. The highest BCUT2D eigenvalue weighted by atomic mass is 16.5. The van der Waals surface area contributed by atoms with Crippen molar-refractivity contribution >= 4 is 18.0 Å². The fourth-order valence-corrected chi connectivity index (χ4v) is 3.21. The van der Waals surface area contributed by atoms with E-state index in [4.69, 9.17) is 4.74 Å². The first-order valence-electron chi connectivity index (χ1n) is 9.86. The summed E-state index contributed by atoms with van der Waals surface area (Å²) in [5, 5.41) is 0. The molecule has 4 heteroatoms. The second-order valence-electron chi connectivity index (χ2n) is 7.46. The number of hydrogen-bond donors (Lipinski definition) is 0. The molecule has 4 nitrogen and oxygen atoms in total. The molecule has 0 spiro atoms. The van der Waals surface area contributed by atoms with Gasteiger partial charge in [-0.3, -0.25) is 4.79 Å². The average Bonchev–Trinajstić information content (AvgIpc) is 3.25. The molecule has 0 atom stereocenters. The highest BCUT2D eigenvalue weighted by Gasteiger charge is 2.19. The molecule has 0 radical (unpaired) electrons. The number of benzene rings is 2. The molecule has 28 heavy (non-hydrogen) atoms. The molecule has 1 heterocycles. The summed E-state index contributed by atoms with van der Waals surface area (Å²) in [6.07, 6.45) is 5.35. The van der Waals surface area contributed by atoms with Crippen molar-refractivity contribution in [3.05, 3.63) is 76.9 Å². The van der Waals surface area contributed by atoms with E-state index in [1.807, 2.05) is 29.2 Å². The number of amides is 1. The molecule has 1 aliphatic rings. The van der Waals surface area contributed by atoms with Crippen LogP contribution in [0.5, 0.6) is 0 Å². The summed E-state index contributed by atoms with van der Waals surface area (Å²) in [6.45, 7) is 6.16. The highest BCUT2D eigenvalue weighted by Crippen LogP contribution is 2.16. The van der Waals surface area contributed by atoms with Gasteiger partial charge in [-0.1, -0.05) is 50.2 Å². The van der Waals surface area contributed by atoms with E-state index in [0.29, 0.717) is 11.5 Å². The van der Waals surface area contributed by atoms with Gasteiger partial charge in [-0.15, -0.1) is 0 Å². The Kier molecular flexibility index (Phi) is 6.64. The second-order valence-corrected chi connectivity index (χ2v) is 7.46. The van der Waals surface area contributed by atoms with E-state index in [1.54, 1.807) is 18.2 Å². The Hall–Kier alpha value is -2.88. The topological polar surface area (TPSA) is 46.6 Å². The van der Waals surface area contributed by atoms with Crippen molar-refractivity contribution < 1.29 is 14.3 Å². The minimum atomic E-state index is -0.384. The molecule has 0 N–H and O–H groups in total. The summed E-state index contributed by atoms with van der Waals surface area (Å²) in [5.41, 5.74) is 3.78. The smallest absolute Gasteiger partial charge is 0.331 e.